The van der Waals surface area contributed by atoms with Gasteiger partial charge in [-0.2, -0.15) is 4.31 Å². The molecule has 2 heterocycles. The highest BCUT2D eigenvalue weighted by Gasteiger charge is 2.30. The van der Waals surface area contributed by atoms with Gasteiger partial charge >= 0.3 is 0 Å². The molecule has 1 aromatic heterocycles. The predicted molar refractivity (Wildman–Crippen MR) is 101 cm³/mol. The second-order valence-electron chi connectivity index (χ2n) is 6.25. The van der Waals surface area contributed by atoms with Crippen molar-refractivity contribution in [1.29, 1.82) is 0 Å². The summed E-state index contributed by atoms with van der Waals surface area (Å²) in [7, 11) is -3.49. The summed E-state index contributed by atoms with van der Waals surface area (Å²) in [6, 6.07) is 6.78. The second-order valence-corrected chi connectivity index (χ2v) is 9.10. The number of sulfonamides is 1. The number of nitrogens with one attached hydrogen (secondary N) is 1. The Morgan fingerprint density at radius 3 is 2.68 bits per heavy atom. The Labute approximate surface area is 156 Å². The summed E-state index contributed by atoms with van der Waals surface area (Å²) in [6.45, 7) is 4.75. The lowest BCUT2D eigenvalue weighted by atomic mass is 10.1. The van der Waals surface area contributed by atoms with E-state index in [4.69, 9.17) is 0 Å². The standard InChI is InChI=1S/C17H21BrN4O2S/c1-12-10-19-13(2)17(20-12)21-15-4-3-9-22(11-15)25(23,24)16-7-5-14(18)6-8-16/h5-8,10,15H,3-4,9,11H2,1-2H3,(H,20,21). The van der Waals surface area contributed by atoms with Gasteiger partial charge in [0.2, 0.25) is 10.0 Å². The summed E-state index contributed by atoms with van der Waals surface area (Å²) in [5, 5.41) is 3.37. The zero-order valence-corrected chi connectivity index (χ0v) is 16.6. The van der Waals surface area contributed by atoms with Crippen molar-refractivity contribution in [3.05, 3.63) is 46.3 Å². The molecule has 0 bridgehead atoms. The molecule has 3 rings (SSSR count). The fraction of sp³-hybridized carbons (Fsp3) is 0.412. The molecule has 0 amide bonds. The van der Waals surface area contributed by atoms with Crippen LogP contribution in [0.25, 0.3) is 0 Å². The minimum atomic E-state index is -3.49. The smallest absolute Gasteiger partial charge is 0.243 e. The Balaban J connectivity index is 1.76. The van der Waals surface area contributed by atoms with Gasteiger partial charge in [0.15, 0.2) is 0 Å². The summed E-state index contributed by atoms with van der Waals surface area (Å²) in [6.07, 6.45) is 3.44. The van der Waals surface area contributed by atoms with Gasteiger partial charge in [-0.15, -0.1) is 0 Å². The number of nitrogens with zero attached hydrogens (tertiary/aromatic N) is 3. The van der Waals surface area contributed by atoms with E-state index in [-0.39, 0.29) is 6.04 Å². The molecule has 0 radical (unpaired) electrons. The van der Waals surface area contributed by atoms with E-state index in [1.165, 1.54) is 0 Å². The number of aromatic nitrogens is 2. The van der Waals surface area contributed by atoms with E-state index in [9.17, 15) is 8.42 Å². The lowest BCUT2D eigenvalue weighted by molar-refractivity contribution is 0.326. The molecule has 1 saturated heterocycles. The fourth-order valence-corrected chi connectivity index (χ4v) is 4.69. The van der Waals surface area contributed by atoms with Crippen molar-refractivity contribution in [2.45, 2.75) is 37.6 Å². The first-order valence-electron chi connectivity index (χ1n) is 8.19. The molecule has 0 saturated carbocycles. The maximum Gasteiger partial charge on any atom is 0.243 e. The summed E-state index contributed by atoms with van der Waals surface area (Å²) in [4.78, 5) is 9.10. The van der Waals surface area contributed by atoms with Gasteiger partial charge in [0.25, 0.3) is 0 Å². The van der Waals surface area contributed by atoms with Gasteiger partial charge in [0, 0.05) is 29.8 Å². The van der Waals surface area contributed by atoms with Crippen LogP contribution in [0.2, 0.25) is 0 Å². The average molecular weight is 425 g/mol. The molecular weight excluding hydrogens is 404 g/mol. The van der Waals surface area contributed by atoms with E-state index in [2.05, 4.69) is 31.2 Å². The van der Waals surface area contributed by atoms with Gasteiger partial charge in [-0.1, -0.05) is 15.9 Å². The van der Waals surface area contributed by atoms with Crippen LogP contribution in [0.3, 0.4) is 0 Å². The van der Waals surface area contributed by atoms with E-state index < -0.39 is 10.0 Å². The number of hydrogen-bond acceptors (Lipinski definition) is 5. The normalized spacial score (nSPS) is 18.9. The first-order valence-corrected chi connectivity index (χ1v) is 10.4. The van der Waals surface area contributed by atoms with Crippen molar-refractivity contribution < 1.29 is 8.42 Å². The van der Waals surface area contributed by atoms with Crippen LogP contribution in [0.1, 0.15) is 24.2 Å². The minimum Gasteiger partial charge on any atom is -0.364 e. The molecule has 1 unspecified atom stereocenters. The van der Waals surface area contributed by atoms with E-state index in [0.29, 0.717) is 18.0 Å². The molecule has 0 aliphatic carbocycles. The molecule has 1 aliphatic heterocycles. The molecule has 1 atom stereocenters. The number of benzene rings is 1. The first-order chi connectivity index (χ1) is 11.9. The molecular formula is C17H21BrN4O2S. The number of hydrogen-bond donors (Lipinski definition) is 1. The highest BCUT2D eigenvalue weighted by atomic mass is 79.9. The van der Waals surface area contributed by atoms with Crippen molar-refractivity contribution in [3.63, 3.8) is 0 Å². The summed E-state index contributed by atoms with van der Waals surface area (Å²) in [5.74, 6) is 0.730. The fourth-order valence-electron chi connectivity index (χ4n) is 2.90. The van der Waals surface area contributed by atoms with Crippen LogP contribution in [-0.4, -0.2) is 41.8 Å². The van der Waals surface area contributed by atoms with Gasteiger partial charge < -0.3 is 5.32 Å². The Hall–Kier alpha value is -1.51. The van der Waals surface area contributed by atoms with Gasteiger partial charge in [-0.3, -0.25) is 4.98 Å². The maximum atomic E-state index is 12.9. The van der Waals surface area contributed by atoms with Crippen LogP contribution < -0.4 is 5.32 Å². The molecule has 2 aromatic rings. The van der Waals surface area contributed by atoms with Crippen molar-refractivity contribution in [2.24, 2.45) is 0 Å². The number of halogens is 1. The van der Waals surface area contributed by atoms with Gasteiger partial charge in [-0.25, -0.2) is 13.4 Å². The molecule has 1 aliphatic rings. The van der Waals surface area contributed by atoms with Crippen molar-refractivity contribution >= 4 is 31.8 Å². The number of anilines is 1. The maximum absolute atomic E-state index is 12.9. The van der Waals surface area contributed by atoms with E-state index in [0.717, 1.165) is 34.5 Å². The third-order valence-corrected chi connectivity index (χ3v) is 6.66. The van der Waals surface area contributed by atoms with Crippen molar-refractivity contribution in [3.8, 4) is 0 Å². The van der Waals surface area contributed by atoms with Gasteiger partial charge in [0.1, 0.15) is 5.82 Å². The number of aryl methyl sites for hydroxylation is 2. The van der Waals surface area contributed by atoms with Crippen LogP contribution in [0.4, 0.5) is 5.82 Å². The lowest BCUT2D eigenvalue weighted by Gasteiger charge is -2.32. The zero-order chi connectivity index (χ0) is 18.0. The Kier molecular flexibility index (Phi) is 5.41. The highest BCUT2D eigenvalue weighted by molar-refractivity contribution is 9.10. The minimum absolute atomic E-state index is 0.0220. The second kappa shape index (κ2) is 7.39. The quantitative estimate of drug-likeness (QED) is 0.815. The van der Waals surface area contributed by atoms with Gasteiger partial charge in [-0.05, 0) is 51.0 Å². The molecule has 0 spiro atoms. The third-order valence-electron chi connectivity index (χ3n) is 4.25. The topological polar surface area (TPSA) is 75.2 Å². The molecule has 1 aromatic carbocycles. The number of piperidine rings is 1. The van der Waals surface area contributed by atoms with Crippen LogP contribution in [-0.2, 0) is 10.0 Å². The molecule has 1 fully saturated rings. The molecule has 6 nitrogen and oxygen atoms in total. The van der Waals surface area contributed by atoms with Crippen LogP contribution >= 0.6 is 15.9 Å². The largest absolute Gasteiger partial charge is 0.364 e. The Morgan fingerprint density at radius 1 is 1.24 bits per heavy atom. The molecule has 1 N–H and O–H groups in total. The SMILES string of the molecule is Cc1cnc(C)c(NC2CCCN(S(=O)(=O)c3ccc(Br)cc3)C2)n1. The third kappa shape index (κ3) is 4.19. The van der Waals surface area contributed by atoms with Gasteiger partial charge in [0.05, 0.1) is 16.3 Å². The summed E-state index contributed by atoms with van der Waals surface area (Å²) in [5.41, 5.74) is 1.65. The first kappa shape index (κ1) is 18.3. The van der Waals surface area contributed by atoms with Crippen LogP contribution in [0, 0.1) is 13.8 Å². The van der Waals surface area contributed by atoms with E-state index in [1.807, 2.05) is 13.8 Å². The summed E-state index contributed by atoms with van der Waals surface area (Å²) < 4.78 is 28.2. The van der Waals surface area contributed by atoms with Crippen molar-refractivity contribution in [1.82, 2.24) is 14.3 Å². The summed E-state index contributed by atoms with van der Waals surface area (Å²) >= 11 is 3.34. The average Bonchev–Trinajstić information content (AvgIpc) is 2.59. The van der Waals surface area contributed by atoms with E-state index in [1.54, 1.807) is 34.8 Å². The van der Waals surface area contributed by atoms with E-state index >= 15 is 0 Å². The molecule has 134 valence electrons. The Bertz CT molecular complexity index is 855. The Morgan fingerprint density at radius 2 is 1.96 bits per heavy atom. The highest BCUT2D eigenvalue weighted by Crippen LogP contribution is 2.24. The lowest BCUT2D eigenvalue weighted by Crippen LogP contribution is -2.45. The van der Waals surface area contributed by atoms with Crippen molar-refractivity contribution in [2.75, 3.05) is 18.4 Å². The zero-order valence-electron chi connectivity index (χ0n) is 14.2. The molecule has 8 heteroatoms. The van der Waals surface area contributed by atoms with Crippen LogP contribution in [0.5, 0.6) is 0 Å². The monoisotopic (exact) mass is 424 g/mol. The van der Waals surface area contributed by atoms with Crippen LogP contribution in [0.15, 0.2) is 39.8 Å². The predicted octanol–water partition coefficient (Wildman–Crippen LogP) is 3.12. The number of rotatable bonds is 4. The molecule has 25 heavy (non-hydrogen) atoms.